The summed E-state index contributed by atoms with van der Waals surface area (Å²) >= 11 is 0. The molecule has 0 saturated carbocycles. The number of carbonyl (C=O) groups excluding carboxylic acids is 2. The van der Waals surface area contributed by atoms with E-state index in [1.165, 1.54) is 6.92 Å². The lowest BCUT2D eigenvalue weighted by atomic mass is 9.81. The molecule has 0 aromatic heterocycles. The smallest absolute Gasteiger partial charge is 0.303 e. The van der Waals surface area contributed by atoms with E-state index >= 15 is 0 Å². The molecule has 1 saturated heterocycles. The van der Waals surface area contributed by atoms with Gasteiger partial charge in [-0.25, -0.2) is 0 Å². The molecular weight excluding hydrogens is 302 g/mol. The summed E-state index contributed by atoms with van der Waals surface area (Å²) in [6.45, 7) is 5.36. The number of amides is 1. The molecule has 2 aromatic carbocycles. The second-order valence-electron chi connectivity index (χ2n) is 6.52. The number of β-lactam (4-membered cyclic amide) rings is 1. The van der Waals surface area contributed by atoms with Crippen LogP contribution < -0.4 is 0 Å². The summed E-state index contributed by atoms with van der Waals surface area (Å²) in [4.78, 5) is 26.0. The molecule has 0 bridgehead atoms. The number of carbonyl (C=O) groups is 2. The van der Waals surface area contributed by atoms with Crippen LogP contribution in [0.1, 0.15) is 37.9 Å². The molecular formula is C20H21NO3. The average Bonchev–Trinajstić information content (AvgIpc) is 2.58. The molecule has 124 valence electrons. The monoisotopic (exact) mass is 323 g/mol. The lowest BCUT2D eigenvalue weighted by Gasteiger charge is -2.54. The van der Waals surface area contributed by atoms with Crippen LogP contribution in [0.4, 0.5) is 0 Å². The van der Waals surface area contributed by atoms with Gasteiger partial charge in [-0.3, -0.25) is 9.59 Å². The molecule has 2 atom stereocenters. The molecule has 1 heterocycles. The summed E-state index contributed by atoms with van der Waals surface area (Å²) in [6.07, 6.45) is -0.757. The van der Waals surface area contributed by atoms with Gasteiger partial charge in [0.2, 0.25) is 6.10 Å². The van der Waals surface area contributed by atoms with Crippen LogP contribution in [0.15, 0.2) is 60.7 Å². The fourth-order valence-electron chi connectivity index (χ4n) is 3.34. The Labute approximate surface area is 142 Å². The molecule has 1 amide bonds. The number of esters is 1. The first-order valence-corrected chi connectivity index (χ1v) is 8.04. The molecule has 0 spiro atoms. The standard InChI is InChI=1S/C20H21NO3/c1-14(22)24-18-17(15-10-6-4-7-11-15)21(19(18)23)20(2,3)16-12-8-5-9-13-16/h4-13,17-18H,1-3H3/t17-,18+/m0/s1. The maximum absolute atomic E-state index is 12.7. The van der Waals surface area contributed by atoms with E-state index in [1.807, 2.05) is 79.4 Å². The predicted molar refractivity (Wildman–Crippen MR) is 91.1 cm³/mol. The molecule has 0 unspecified atom stereocenters. The van der Waals surface area contributed by atoms with Gasteiger partial charge in [-0.15, -0.1) is 0 Å². The van der Waals surface area contributed by atoms with Gasteiger partial charge in [-0.2, -0.15) is 0 Å². The van der Waals surface area contributed by atoms with Crippen LogP contribution in [0, 0.1) is 0 Å². The van der Waals surface area contributed by atoms with Gasteiger partial charge >= 0.3 is 5.97 Å². The normalized spacial score (nSPS) is 20.5. The van der Waals surface area contributed by atoms with Gasteiger partial charge in [0.15, 0.2) is 0 Å². The lowest BCUT2D eigenvalue weighted by molar-refractivity contribution is -0.193. The number of benzene rings is 2. The zero-order valence-corrected chi connectivity index (χ0v) is 14.1. The minimum absolute atomic E-state index is 0.159. The number of likely N-dealkylation sites (tertiary alicyclic amines) is 1. The van der Waals surface area contributed by atoms with Crippen LogP contribution in [-0.4, -0.2) is 22.9 Å². The van der Waals surface area contributed by atoms with Crippen molar-refractivity contribution in [1.82, 2.24) is 4.90 Å². The third kappa shape index (κ3) is 2.68. The number of hydrogen-bond donors (Lipinski definition) is 0. The van der Waals surface area contributed by atoms with Crippen molar-refractivity contribution >= 4 is 11.9 Å². The Balaban J connectivity index is 2.00. The quantitative estimate of drug-likeness (QED) is 0.639. The van der Waals surface area contributed by atoms with Crippen molar-refractivity contribution in [2.24, 2.45) is 0 Å². The topological polar surface area (TPSA) is 46.6 Å². The maximum Gasteiger partial charge on any atom is 0.303 e. The van der Waals surface area contributed by atoms with Gasteiger partial charge < -0.3 is 9.64 Å². The zero-order valence-electron chi connectivity index (χ0n) is 14.1. The lowest BCUT2D eigenvalue weighted by Crippen LogP contribution is -2.65. The maximum atomic E-state index is 12.7. The third-order valence-electron chi connectivity index (χ3n) is 4.56. The zero-order chi connectivity index (χ0) is 17.3. The highest BCUT2D eigenvalue weighted by molar-refractivity contribution is 5.91. The molecule has 4 nitrogen and oxygen atoms in total. The molecule has 2 aromatic rings. The number of nitrogens with zero attached hydrogens (tertiary/aromatic N) is 1. The van der Waals surface area contributed by atoms with Crippen LogP contribution in [0.2, 0.25) is 0 Å². The number of hydrogen-bond acceptors (Lipinski definition) is 3. The summed E-state index contributed by atoms with van der Waals surface area (Å²) in [7, 11) is 0. The van der Waals surface area contributed by atoms with Gasteiger partial charge in [0.1, 0.15) is 6.04 Å². The molecule has 3 rings (SSSR count). The van der Waals surface area contributed by atoms with Gasteiger partial charge in [0.25, 0.3) is 5.91 Å². The summed E-state index contributed by atoms with van der Waals surface area (Å²) in [6, 6.07) is 19.3. The van der Waals surface area contributed by atoms with Crippen molar-refractivity contribution in [3.63, 3.8) is 0 Å². The first-order chi connectivity index (χ1) is 11.4. The molecule has 24 heavy (non-hydrogen) atoms. The van der Waals surface area contributed by atoms with Crippen LogP contribution in [0.25, 0.3) is 0 Å². The predicted octanol–water partition coefficient (Wildman–Crippen LogP) is 3.44. The summed E-state index contributed by atoms with van der Waals surface area (Å²) < 4.78 is 5.30. The van der Waals surface area contributed by atoms with Gasteiger partial charge in [-0.05, 0) is 25.0 Å². The van der Waals surface area contributed by atoms with Crippen molar-refractivity contribution in [2.45, 2.75) is 38.5 Å². The molecule has 4 heteroatoms. The molecule has 0 radical (unpaired) electrons. The van der Waals surface area contributed by atoms with Crippen molar-refractivity contribution in [3.05, 3.63) is 71.8 Å². The highest BCUT2D eigenvalue weighted by Gasteiger charge is 2.56. The Morgan fingerprint density at radius 1 is 1.00 bits per heavy atom. The summed E-state index contributed by atoms with van der Waals surface area (Å²) in [5.41, 5.74) is 1.50. The third-order valence-corrected chi connectivity index (χ3v) is 4.56. The summed E-state index contributed by atoms with van der Waals surface area (Å²) in [5, 5.41) is 0. The first-order valence-electron chi connectivity index (χ1n) is 8.04. The average molecular weight is 323 g/mol. The fourth-order valence-corrected chi connectivity index (χ4v) is 3.34. The van der Waals surface area contributed by atoms with Crippen molar-refractivity contribution in [2.75, 3.05) is 0 Å². The highest BCUT2D eigenvalue weighted by atomic mass is 16.6. The van der Waals surface area contributed by atoms with E-state index < -0.39 is 17.6 Å². The second-order valence-corrected chi connectivity index (χ2v) is 6.52. The Morgan fingerprint density at radius 2 is 1.54 bits per heavy atom. The fraction of sp³-hybridized carbons (Fsp3) is 0.300. The second kappa shape index (κ2) is 6.11. The first kappa shape index (κ1) is 16.2. The van der Waals surface area contributed by atoms with E-state index in [4.69, 9.17) is 4.74 Å². The van der Waals surface area contributed by atoms with Crippen molar-refractivity contribution in [3.8, 4) is 0 Å². The molecule has 1 aliphatic rings. The van der Waals surface area contributed by atoms with E-state index in [0.717, 1.165) is 11.1 Å². The van der Waals surface area contributed by atoms with Crippen LogP contribution in [0.3, 0.4) is 0 Å². The van der Waals surface area contributed by atoms with Crippen LogP contribution in [-0.2, 0) is 19.9 Å². The van der Waals surface area contributed by atoms with E-state index in [9.17, 15) is 9.59 Å². The SMILES string of the molecule is CC(=O)O[C@H]1C(=O)N(C(C)(C)c2ccccc2)[C@H]1c1ccccc1. The highest BCUT2D eigenvalue weighted by Crippen LogP contribution is 2.45. The minimum atomic E-state index is -0.757. The van der Waals surface area contributed by atoms with Gasteiger partial charge in [-0.1, -0.05) is 60.7 Å². The van der Waals surface area contributed by atoms with Crippen molar-refractivity contribution in [1.29, 1.82) is 0 Å². The molecule has 1 aliphatic heterocycles. The Kier molecular flexibility index (Phi) is 4.14. The van der Waals surface area contributed by atoms with Crippen LogP contribution in [0.5, 0.6) is 0 Å². The summed E-state index contributed by atoms with van der Waals surface area (Å²) in [5.74, 6) is -0.598. The van der Waals surface area contributed by atoms with E-state index in [-0.39, 0.29) is 11.9 Å². The van der Waals surface area contributed by atoms with Crippen molar-refractivity contribution < 1.29 is 14.3 Å². The van der Waals surface area contributed by atoms with Gasteiger partial charge in [0, 0.05) is 6.92 Å². The minimum Gasteiger partial charge on any atom is -0.450 e. The number of rotatable bonds is 4. The van der Waals surface area contributed by atoms with E-state index in [2.05, 4.69) is 0 Å². The van der Waals surface area contributed by atoms with E-state index in [0.29, 0.717) is 0 Å². The number of ether oxygens (including phenoxy) is 1. The van der Waals surface area contributed by atoms with Crippen LogP contribution >= 0.6 is 0 Å². The largest absolute Gasteiger partial charge is 0.450 e. The Bertz CT molecular complexity index is 740. The Morgan fingerprint density at radius 3 is 2.08 bits per heavy atom. The van der Waals surface area contributed by atoms with E-state index in [1.54, 1.807) is 0 Å². The molecule has 0 aliphatic carbocycles. The Hall–Kier alpha value is -2.62. The molecule has 0 N–H and O–H groups in total. The van der Waals surface area contributed by atoms with Gasteiger partial charge in [0.05, 0.1) is 5.54 Å². The molecule has 1 fully saturated rings.